The van der Waals surface area contributed by atoms with E-state index in [2.05, 4.69) is 11.1 Å². The zero-order valence-corrected chi connectivity index (χ0v) is 19.7. The van der Waals surface area contributed by atoms with E-state index >= 15 is 0 Å². The predicted molar refractivity (Wildman–Crippen MR) is 111 cm³/mol. The minimum absolute atomic E-state index is 0. The van der Waals surface area contributed by atoms with Crippen molar-refractivity contribution in [2.75, 3.05) is 23.9 Å². The number of nitrogens with zero attached hydrogens (tertiary/aromatic N) is 5. The molecule has 0 amide bonds. The molecule has 174 valence electrons. The summed E-state index contributed by atoms with van der Waals surface area (Å²) in [5.41, 5.74) is -0.179. The average molecular weight is 635 g/mol. The van der Waals surface area contributed by atoms with Crippen molar-refractivity contribution in [2.45, 2.75) is 0 Å². The molecular weight excluding hydrogens is 616 g/mol. The van der Waals surface area contributed by atoms with Gasteiger partial charge in [0.15, 0.2) is 0 Å². The summed E-state index contributed by atoms with van der Waals surface area (Å²) in [6.45, 7) is 3.37. The van der Waals surface area contributed by atoms with Gasteiger partial charge >= 0.3 is 32.0 Å². The van der Waals surface area contributed by atoms with E-state index in [1.165, 1.54) is 18.2 Å². The van der Waals surface area contributed by atoms with Crippen LogP contribution in [0, 0.1) is 31.0 Å². The first-order valence-corrected chi connectivity index (χ1v) is 9.08. The molecule has 33 heavy (non-hydrogen) atoms. The molecule has 0 atom stereocenters. The molecular formula is C21H18F2IrN5O4. The normalized spacial score (nSPS) is 14.2. The smallest absolute Gasteiger partial charge is 0.510 e. The van der Waals surface area contributed by atoms with Crippen molar-refractivity contribution in [2.24, 2.45) is 0 Å². The molecule has 0 saturated heterocycles. The molecule has 0 bridgehead atoms. The van der Waals surface area contributed by atoms with Gasteiger partial charge in [-0.15, -0.1) is 6.07 Å². The number of halogens is 2. The molecule has 0 aliphatic carbocycles. The van der Waals surface area contributed by atoms with Gasteiger partial charge in [0.1, 0.15) is 11.4 Å². The van der Waals surface area contributed by atoms with Gasteiger partial charge in [-0.2, -0.15) is 13.3 Å². The van der Waals surface area contributed by atoms with Crippen LogP contribution in [0.4, 0.5) is 20.2 Å². The van der Waals surface area contributed by atoms with E-state index in [1.807, 2.05) is 14.1 Å². The Morgan fingerprint density at radius 3 is 1.64 bits per heavy atom. The van der Waals surface area contributed by atoms with Gasteiger partial charge in [-0.25, -0.2) is 14.6 Å². The SMILES string of the molecule is CN1C=CN(c2[c-]c(N3C=CN(C)[CH-]3)c(F)cc2F)[CH-]1.O=C(O)c1cccc(C(=O)O)n1.[Ir+3]. The maximum Gasteiger partial charge on any atom is 3.00 e. The second-order valence-corrected chi connectivity index (χ2v) is 6.65. The van der Waals surface area contributed by atoms with Crippen LogP contribution >= 0.6 is 0 Å². The zero-order chi connectivity index (χ0) is 23.4. The summed E-state index contributed by atoms with van der Waals surface area (Å²) in [5, 5.41) is 16.9. The third-order valence-corrected chi connectivity index (χ3v) is 4.18. The number of pyridine rings is 1. The Morgan fingerprint density at radius 2 is 1.30 bits per heavy atom. The van der Waals surface area contributed by atoms with Gasteiger partial charge in [-0.05, 0) is 51.0 Å². The van der Waals surface area contributed by atoms with E-state index < -0.39 is 23.6 Å². The summed E-state index contributed by atoms with van der Waals surface area (Å²) in [7, 11) is 3.65. The fraction of sp³-hybridized carbons (Fsp3) is 0.0952. The van der Waals surface area contributed by atoms with Crippen LogP contribution in [-0.4, -0.2) is 51.0 Å². The van der Waals surface area contributed by atoms with Crippen LogP contribution in [-0.2, 0) is 20.1 Å². The molecule has 4 rings (SSSR count). The minimum atomic E-state index is -1.24. The van der Waals surface area contributed by atoms with Crippen molar-refractivity contribution in [1.29, 1.82) is 0 Å². The van der Waals surface area contributed by atoms with Crippen molar-refractivity contribution < 1.29 is 48.7 Å². The number of hydrogen-bond acceptors (Lipinski definition) is 7. The summed E-state index contributed by atoms with van der Waals surface area (Å²) in [6.07, 6.45) is 6.91. The fourth-order valence-electron chi connectivity index (χ4n) is 2.69. The largest absolute Gasteiger partial charge is 3.00 e. The first-order valence-electron chi connectivity index (χ1n) is 9.08. The molecule has 1 aromatic carbocycles. The molecule has 0 spiro atoms. The molecule has 0 radical (unpaired) electrons. The number of hydrogen-bond donors (Lipinski definition) is 2. The van der Waals surface area contributed by atoms with Crippen molar-refractivity contribution in [3.8, 4) is 0 Å². The van der Waals surface area contributed by atoms with Crippen LogP contribution in [0.25, 0.3) is 0 Å². The number of aromatic nitrogens is 1. The molecule has 12 heteroatoms. The van der Waals surface area contributed by atoms with Gasteiger partial charge in [-0.3, -0.25) is 8.78 Å². The Bertz CT molecular complexity index is 1020. The molecule has 3 heterocycles. The van der Waals surface area contributed by atoms with Crippen LogP contribution in [0.15, 0.2) is 49.1 Å². The van der Waals surface area contributed by atoms with E-state index in [4.69, 9.17) is 10.2 Å². The molecule has 0 saturated carbocycles. The maximum absolute atomic E-state index is 13.9. The quantitative estimate of drug-likeness (QED) is 0.492. The molecule has 2 aromatic rings. The van der Waals surface area contributed by atoms with Crippen molar-refractivity contribution in [3.05, 3.63) is 91.5 Å². The van der Waals surface area contributed by atoms with Crippen molar-refractivity contribution in [1.82, 2.24) is 14.8 Å². The maximum atomic E-state index is 13.9. The Kier molecular flexibility index (Phi) is 8.49. The Balaban J connectivity index is 0.000000257. The van der Waals surface area contributed by atoms with Gasteiger partial charge in [0.25, 0.3) is 0 Å². The number of carboxylic acid groups (broad SMARTS) is 2. The predicted octanol–water partition coefficient (Wildman–Crippen LogP) is 2.93. The summed E-state index contributed by atoms with van der Waals surface area (Å²) in [6, 6.07) is 7.46. The van der Waals surface area contributed by atoms with Crippen molar-refractivity contribution >= 4 is 23.3 Å². The standard InChI is InChI=1S/C14H13F2N4.C7H5NO4.Ir/c1-17-3-5-19(9-17)13-8-14(12(16)7-11(13)15)20-6-4-18(2)10-20;9-6(10)4-2-1-3-5(8-4)7(11)12;/h3-7,9-10H,1-2H3;1-3H,(H,9,10)(H,11,12);/q-3;;+3. The minimum Gasteiger partial charge on any atom is -0.510 e. The molecule has 2 N–H and O–H groups in total. The van der Waals surface area contributed by atoms with E-state index in [9.17, 15) is 18.4 Å². The molecule has 0 fully saturated rings. The van der Waals surface area contributed by atoms with Crippen LogP contribution < -0.4 is 9.80 Å². The van der Waals surface area contributed by atoms with Gasteiger partial charge in [-0.1, -0.05) is 23.5 Å². The Hall–Kier alpha value is -3.50. The third-order valence-electron chi connectivity index (χ3n) is 4.18. The second kappa shape index (κ2) is 10.9. The summed E-state index contributed by atoms with van der Waals surface area (Å²) in [4.78, 5) is 30.7. The summed E-state index contributed by atoms with van der Waals surface area (Å²) in [5.74, 6) is -3.78. The van der Waals surface area contributed by atoms with Crippen LogP contribution in [0.1, 0.15) is 21.0 Å². The summed E-state index contributed by atoms with van der Waals surface area (Å²) < 4.78 is 27.9. The van der Waals surface area contributed by atoms with Crippen LogP contribution in [0.5, 0.6) is 0 Å². The fourth-order valence-corrected chi connectivity index (χ4v) is 2.69. The van der Waals surface area contributed by atoms with E-state index in [-0.39, 0.29) is 42.9 Å². The molecule has 2 aliphatic heterocycles. The Morgan fingerprint density at radius 1 is 0.879 bits per heavy atom. The number of carboxylic acids is 2. The molecule has 2 aliphatic rings. The Labute approximate surface area is 202 Å². The summed E-state index contributed by atoms with van der Waals surface area (Å²) >= 11 is 0. The number of benzene rings is 1. The number of carbonyl (C=O) groups is 2. The zero-order valence-electron chi connectivity index (χ0n) is 17.3. The van der Waals surface area contributed by atoms with Gasteiger partial charge < -0.3 is 29.8 Å². The number of rotatable bonds is 4. The monoisotopic (exact) mass is 635 g/mol. The van der Waals surface area contributed by atoms with Crippen LogP contribution in [0.2, 0.25) is 0 Å². The topological polar surface area (TPSA) is 100 Å². The molecule has 0 unspecified atom stereocenters. The second-order valence-electron chi connectivity index (χ2n) is 6.65. The number of aromatic carboxylic acids is 2. The van der Waals surface area contributed by atoms with Crippen LogP contribution in [0.3, 0.4) is 0 Å². The third kappa shape index (κ3) is 6.27. The van der Waals surface area contributed by atoms with Gasteiger partial charge in [0, 0.05) is 11.6 Å². The van der Waals surface area contributed by atoms with Gasteiger partial charge in [0.05, 0.1) is 0 Å². The molecule has 1 aromatic heterocycles. The van der Waals surface area contributed by atoms with E-state index in [0.29, 0.717) is 0 Å². The first kappa shape index (κ1) is 25.8. The van der Waals surface area contributed by atoms with Crippen molar-refractivity contribution in [3.63, 3.8) is 0 Å². The van der Waals surface area contributed by atoms with E-state index in [1.54, 1.807) is 57.7 Å². The average Bonchev–Trinajstić information content (AvgIpc) is 3.37. The number of anilines is 2. The molecule has 9 nitrogen and oxygen atoms in total. The first-order chi connectivity index (χ1) is 15.2. The van der Waals surface area contributed by atoms with E-state index in [0.717, 1.165) is 6.07 Å². The van der Waals surface area contributed by atoms with Gasteiger partial charge in [0.2, 0.25) is 0 Å².